The molecule has 0 heterocycles. The molecule has 1 N–H and O–H groups in total. The lowest BCUT2D eigenvalue weighted by atomic mass is 9.71. The van der Waals surface area contributed by atoms with Gasteiger partial charge in [-0.1, -0.05) is 0 Å². The highest BCUT2D eigenvalue weighted by atomic mass is 19.1. The van der Waals surface area contributed by atoms with Crippen LogP contribution in [0.4, 0.5) is 8.78 Å². The largest absolute Gasteiger partial charge is 0.319 e. The molecule has 0 radical (unpaired) electrons. The van der Waals surface area contributed by atoms with E-state index in [1.807, 2.05) is 7.05 Å². The summed E-state index contributed by atoms with van der Waals surface area (Å²) in [5.74, 6) is 0.295. The highest BCUT2D eigenvalue weighted by Crippen LogP contribution is 2.36. The van der Waals surface area contributed by atoms with Crippen LogP contribution in [0.25, 0.3) is 0 Å². The molecule has 16 heavy (non-hydrogen) atoms. The van der Waals surface area contributed by atoms with Crippen LogP contribution in [0.2, 0.25) is 0 Å². The van der Waals surface area contributed by atoms with Crippen LogP contribution in [0.15, 0.2) is 18.2 Å². The van der Waals surface area contributed by atoms with Gasteiger partial charge in [0.05, 0.1) is 0 Å². The summed E-state index contributed by atoms with van der Waals surface area (Å²) in [5, 5.41) is 3.16. The Kier molecular flexibility index (Phi) is 3.54. The van der Waals surface area contributed by atoms with E-state index in [1.54, 1.807) is 0 Å². The van der Waals surface area contributed by atoms with Gasteiger partial charge in [-0.3, -0.25) is 0 Å². The standard InChI is InChI=1S/C13H17F2N/c1-16-8-11-3-2-10(11)4-9-5-12(14)7-13(15)6-9/h5-7,10-11,16H,2-4,8H2,1H3. The second kappa shape index (κ2) is 4.91. The monoisotopic (exact) mass is 225 g/mol. The van der Waals surface area contributed by atoms with Crippen LogP contribution in [0, 0.1) is 23.5 Å². The molecule has 1 aromatic rings. The number of rotatable bonds is 4. The number of nitrogens with one attached hydrogen (secondary N) is 1. The highest BCUT2D eigenvalue weighted by molar-refractivity contribution is 5.19. The molecule has 1 fully saturated rings. The van der Waals surface area contributed by atoms with Gasteiger partial charge in [-0.05, 0) is 62.4 Å². The zero-order valence-corrected chi connectivity index (χ0v) is 9.47. The quantitative estimate of drug-likeness (QED) is 0.830. The Morgan fingerprint density at radius 1 is 1.12 bits per heavy atom. The van der Waals surface area contributed by atoms with Crippen molar-refractivity contribution in [1.82, 2.24) is 5.32 Å². The Bertz CT molecular complexity index is 345. The van der Waals surface area contributed by atoms with E-state index in [1.165, 1.54) is 25.0 Å². The Morgan fingerprint density at radius 2 is 1.75 bits per heavy atom. The maximum Gasteiger partial charge on any atom is 0.126 e. The van der Waals surface area contributed by atoms with Crippen LogP contribution in [0.5, 0.6) is 0 Å². The second-order valence-corrected chi connectivity index (χ2v) is 4.64. The molecule has 0 aromatic heterocycles. The summed E-state index contributed by atoms with van der Waals surface area (Å²) in [6, 6.07) is 3.81. The van der Waals surface area contributed by atoms with Crippen molar-refractivity contribution in [2.24, 2.45) is 11.8 Å². The Hall–Kier alpha value is -0.960. The fraction of sp³-hybridized carbons (Fsp3) is 0.538. The number of hydrogen-bond donors (Lipinski definition) is 1. The molecule has 1 aliphatic carbocycles. The number of halogens is 2. The summed E-state index contributed by atoms with van der Waals surface area (Å²) in [5.41, 5.74) is 0.781. The predicted molar refractivity (Wildman–Crippen MR) is 60.2 cm³/mol. The average molecular weight is 225 g/mol. The molecular weight excluding hydrogens is 208 g/mol. The van der Waals surface area contributed by atoms with E-state index in [-0.39, 0.29) is 0 Å². The first-order valence-corrected chi connectivity index (χ1v) is 5.78. The maximum atomic E-state index is 13.0. The highest BCUT2D eigenvalue weighted by Gasteiger charge is 2.30. The minimum absolute atomic E-state index is 0.473. The average Bonchev–Trinajstić information content (AvgIpc) is 2.20. The smallest absolute Gasteiger partial charge is 0.126 e. The fourth-order valence-corrected chi connectivity index (χ4v) is 2.47. The molecule has 0 aliphatic heterocycles. The molecule has 88 valence electrons. The van der Waals surface area contributed by atoms with E-state index in [0.29, 0.717) is 11.8 Å². The molecule has 2 atom stereocenters. The summed E-state index contributed by atoms with van der Waals surface area (Å²) in [4.78, 5) is 0. The van der Waals surface area contributed by atoms with Crippen molar-refractivity contribution in [3.05, 3.63) is 35.4 Å². The minimum Gasteiger partial charge on any atom is -0.319 e. The molecule has 0 bridgehead atoms. The van der Waals surface area contributed by atoms with Gasteiger partial charge in [-0.2, -0.15) is 0 Å². The molecule has 1 saturated carbocycles. The van der Waals surface area contributed by atoms with Gasteiger partial charge in [0, 0.05) is 6.07 Å². The third-order valence-electron chi connectivity index (χ3n) is 3.46. The molecule has 2 rings (SSSR count). The third-order valence-corrected chi connectivity index (χ3v) is 3.46. The van der Waals surface area contributed by atoms with Crippen molar-refractivity contribution >= 4 is 0 Å². The molecule has 0 spiro atoms. The number of benzene rings is 1. The lowest BCUT2D eigenvalue weighted by Crippen LogP contribution is -2.35. The SMILES string of the molecule is CNCC1CCC1Cc1cc(F)cc(F)c1. The molecule has 1 aromatic carbocycles. The second-order valence-electron chi connectivity index (χ2n) is 4.64. The van der Waals surface area contributed by atoms with Gasteiger partial charge in [0.2, 0.25) is 0 Å². The molecule has 3 heteroatoms. The van der Waals surface area contributed by atoms with E-state index in [9.17, 15) is 8.78 Å². The van der Waals surface area contributed by atoms with Gasteiger partial charge in [0.25, 0.3) is 0 Å². The van der Waals surface area contributed by atoms with Gasteiger partial charge < -0.3 is 5.32 Å². The van der Waals surface area contributed by atoms with Crippen molar-refractivity contribution in [1.29, 1.82) is 0 Å². The van der Waals surface area contributed by atoms with E-state index in [4.69, 9.17) is 0 Å². The van der Waals surface area contributed by atoms with Gasteiger partial charge in [-0.15, -0.1) is 0 Å². The van der Waals surface area contributed by atoms with Crippen molar-refractivity contribution in [2.75, 3.05) is 13.6 Å². The summed E-state index contributed by atoms with van der Waals surface area (Å²) in [6.07, 6.45) is 3.19. The van der Waals surface area contributed by atoms with Crippen molar-refractivity contribution in [3.63, 3.8) is 0 Å². The lowest BCUT2D eigenvalue weighted by Gasteiger charge is -2.36. The van der Waals surface area contributed by atoms with E-state index in [0.717, 1.165) is 24.6 Å². The predicted octanol–water partition coefficient (Wildman–Crippen LogP) is 2.75. The minimum atomic E-state index is -0.473. The van der Waals surface area contributed by atoms with Gasteiger partial charge >= 0.3 is 0 Å². The normalized spacial score (nSPS) is 24.2. The molecule has 2 unspecified atom stereocenters. The van der Waals surface area contributed by atoms with Gasteiger partial charge in [0.1, 0.15) is 11.6 Å². The lowest BCUT2D eigenvalue weighted by molar-refractivity contribution is 0.174. The van der Waals surface area contributed by atoms with Crippen molar-refractivity contribution in [2.45, 2.75) is 19.3 Å². The van der Waals surface area contributed by atoms with Crippen LogP contribution < -0.4 is 5.32 Å². The molecule has 1 nitrogen and oxygen atoms in total. The summed E-state index contributed by atoms with van der Waals surface area (Å²) >= 11 is 0. The van der Waals surface area contributed by atoms with Crippen LogP contribution in [0.1, 0.15) is 18.4 Å². The van der Waals surface area contributed by atoms with Crippen LogP contribution >= 0.6 is 0 Å². The first-order chi connectivity index (χ1) is 7.69. The van der Waals surface area contributed by atoms with Crippen molar-refractivity contribution in [3.8, 4) is 0 Å². The molecule has 1 aliphatic rings. The van der Waals surface area contributed by atoms with Crippen LogP contribution in [-0.4, -0.2) is 13.6 Å². The van der Waals surface area contributed by atoms with Crippen molar-refractivity contribution < 1.29 is 8.78 Å². The van der Waals surface area contributed by atoms with Crippen LogP contribution in [-0.2, 0) is 6.42 Å². The van der Waals surface area contributed by atoms with Gasteiger partial charge in [-0.25, -0.2) is 8.78 Å². The first-order valence-electron chi connectivity index (χ1n) is 5.78. The molecule has 0 amide bonds. The maximum absolute atomic E-state index is 13.0. The van der Waals surface area contributed by atoms with E-state index in [2.05, 4.69) is 5.32 Å². The zero-order valence-electron chi connectivity index (χ0n) is 9.47. The van der Waals surface area contributed by atoms with Gasteiger partial charge in [0.15, 0.2) is 0 Å². The van der Waals surface area contributed by atoms with E-state index >= 15 is 0 Å². The zero-order chi connectivity index (χ0) is 11.5. The third kappa shape index (κ3) is 2.59. The summed E-state index contributed by atoms with van der Waals surface area (Å²) in [7, 11) is 1.94. The Balaban J connectivity index is 1.98. The number of hydrogen-bond acceptors (Lipinski definition) is 1. The molecular formula is C13H17F2N. The molecule has 0 saturated heterocycles. The first kappa shape index (κ1) is 11.5. The summed E-state index contributed by atoms with van der Waals surface area (Å²) in [6.45, 7) is 1.00. The van der Waals surface area contributed by atoms with Crippen LogP contribution in [0.3, 0.4) is 0 Å². The Labute approximate surface area is 94.9 Å². The van der Waals surface area contributed by atoms with E-state index < -0.39 is 11.6 Å². The summed E-state index contributed by atoms with van der Waals surface area (Å²) < 4.78 is 26.0. The topological polar surface area (TPSA) is 12.0 Å². The fourth-order valence-electron chi connectivity index (χ4n) is 2.47. The Morgan fingerprint density at radius 3 is 2.25 bits per heavy atom.